The molecule has 0 radical (unpaired) electrons. The molecule has 114 valence electrons. The zero-order valence-electron chi connectivity index (χ0n) is 12.7. The standard InChI is InChI=1S/C16H27ClN2O/c1-3-11-19(12-5-4-10-18)13-9-14-7-6-8-15(17)16(14)20-2/h6-8H,3-5,9-13,18H2,1-2H3. The second-order valence-electron chi connectivity index (χ2n) is 5.02. The lowest BCUT2D eigenvalue weighted by Crippen LogP contribution is -2.28. The molecule has 0 heterocycles. The molecular weight excluding hydrogens is 272 g/mol. The molecule has 0 atom stereocenters. The maximum absolute atomic E-state index is 6.16. The van der Waals surface area contributed by atoms with Gasteiger partial charge in [-0.15, -0.1) is 0 Å². The summed E-state index contributed by atoms with van der Waals surface area (Å²) in [5.74, 6) is 0.813. The number of nitrogens with zero attached hydrogens (tertiary/aromatic N) is 1. The van der Waals surface area contributed by atoms with E-state index in [4.69, 9.17) is 22.1 Å². The van der Waals surface area contributed by atoms with E-state index in [1.165, 1.54) is 18.4 Å². The number of ether oxygens (including phenoxy) is 1. The van der Waals surface area contributed by atoms with Crippen molar-refractivity contribution in [3.05, 3.63) is 28.8 Å². The molecule has 0 aliphatic carbocycles. The van der Waals surface area contributed by atoms with Gasteiger partial charge in [-0.05, 0) is 56.9 Å². The lowest BCUT2D eigenvalue weighted by molar-refractivity contribution is 0.271. The maximum Gasteiger partial charge on any atom is 0.140 e. The Morgan fingerprint density at radius 2 is 2.00 bits per heavy atom. The van der Waals surface area contributed by atoms with Gasteiger partial charge in [-0.2, -0.15) is 0 Å². The van der Waals surface area contributed by atoms with Crippen molar-refractivity contribution in [3.63, 3.8) is 0 Å². The Bertz CT molecular complexity index is 385. The molecule has 0 aromatic heterocycles. The minimum Gasteiger partial charge on any atom is -0.495 e. The number of benzene rings is 1. The summed E-state index contributed by atoms with van der Waals surface area (Å²) in [5.41, 5.74) is 6.74. The number of para-hydroxylation sites is 1. The van der Waals surface area contributed by atoms with Crippen LogP contribution in [0.4, 0.5) is 0 Å². The number of rotatable bonds is 10. The third-order valence-corrected chi connectivity index (χ3v) is 3.72. The molecule has 2 N–H and O–H groups in total. The van der Waals surface area contributed by atoms with Crippen LogP contribution in [-0.4, -0.2) is 38.2 Å². The first-order chi connectivity index (χ1) is 9.72. The predicted molar refractivity (Wildman–Crippen MR) is 86.7 cm³/mol. The van der Waals surface area contributed by atoms with Crippen LogP contribution in [0.1, 0.15) is 31.7 Å². The molecule has 0 aliphatic heterocycles. The van der Waals surface area contributed by atoms with Crippen molar-refractivity contribution in [1.82, 2.24) is 4.90 Å². The summed E-state index contributed by atoms with van der Waals surface area (Å²) < 4.78 is 5.40. The minimum atomic E-state index is 0.690. The molecule has 0 saturated heterocycles. The average Bonchev–Trinajstić information content (AvgIpc) is 2.45. The molecule has 0 unspecified atom stereocenters. The molecule has 0 spiro atoms. The third-order valence-electron chi connectivity index (χ3n) is 3.42. The molecule has 0 bridgehead atoms. The van der Waals surface area contributed by atoms with Gasteiger partial charge in [0.25, 0.3) is 0 Å². The highest BCUT2D eigenvalue weighted by Gasteiger charge is 2.09. The first-order valence-electron chi connectivity index (χ1n) is 7.46. The van der Waals surface area contributed by atoms with Gasteiger partial charge in [-0.3, -0.25) is 0 Å². The fourth-order valence-electron chi connectivity index (χ4n) is 2.39. The molecule has 0 fully saturated rings. The van der Waals surface area contributed by atoms with E-state index >= 15 is 0 Å². The molecule has 4 heteroatoms. The Morgan fingerprint density at radius 3 is 2.65 bits per heavy atom. The van der Waals surface area contributed by atoms with Crippen LogP contribution in [-0.2, 0) is 6.42 Å². The molecule has 1 rings (SSSR count). The van der Waals surface area contributed by atoms with Gasteiger partial charge in [0.1, 0.15) is 5.75 Å². The third kappa shape index (κ3) is 5.70. The summed E-state index contributed by atoms with van der Waals surface area (Å²) in [6.45, 7) is 6.29. The number of hydrogen-bond donors (Lipinski definition) is 1. The Morgan fingerprint density at radius 1 is 1.20 bits per heavy atom. The van der Waals surface area contributed by atoms with E-state index in [0.29, 0.717) is 5.02 Å². The molecule has 1 aromatic rings. The van der Waals surface area contributed by atoms with Gasteiger partial charge in [-0.25, -0.2) is 0 Å². The maximum atomic E-state index is 6.16. The predicted octanol–water partition coefficient (Wildman–Crippen LogP) is 3.34. The highest BCUT2D eigenvalue weighted by molar-refractivity contribution is 6.32. The lowest BCUT2D eigenvalue weighted by atomic mass is 10.1. The Balaban J connectivity index is 2.55. The number of hydrogen-bond acceptors (Lipinski definition) is 3. The van der Waals surface area contributed by atoms with E-state index in [-0.39, 0.29) is 0 Å². The van der Waals surface area contributed by atoms with E-state index in [9.17, 15) is 0 Å². The second-order valence-corrected chi connectivity index (χ2v) is 5.43. The monoisotopic (exact) mass is 298 g/mol. The molecule has 3 nitrogen and oxygen atoms in total. The van der Waals surface area contributed by atoms with Crippen LogP contribution in [0.15, 0.2) is 18.2 Å². The summed E-state index contributed by atoms with van der Waals surface area (Å²) in [7, 11) is 1.68. The van der Waals surface area contributed by atoms with Crippen LogP contribution in [0.2, 0.25) is 5.02 Å². The smallest absolute Gasteiger partial charge is 0.140 e. The topological polar surface area (TPSA) is 38.5 Å². The van der Waals surface area contributed by atoms with Crippen molar-refractivity contribution in [1.29, 1.82) is 0 Å². The fraction of sp³-hybridized carbons (Fsp3) is 0.625. The highest BCUT2D eigenvalue weighted by Crippen LogP contribution is 2.28. The number of nitrogens with two attached hydrogens (primary N) is 1. The average molecular weight is 299 g/mol. The van der Waals surface area contributed by atoms with E-state index in [1.807, 2.05) is 12.1 Å². The molecule has 20 heavy (non-hydrogen) atoms. The van der Waals surface area contributed by atoms with Crippen molar-refractivity contribution in [2.75, 3.05) is 33.3 Å². The van der Waals surface area contributed by atoms with Gasteiger partial charge in [0.2, 0.25) is 0 Å². The van der Waals surface area contributed by atoms with Gasteiger partial charge in [0.15, 0.2) is 0 Å². The minimum absolute atomic E-state index is 0.690. The van der Waals surface area contributed by atoms with Crippen LogP contribution >= 0.6 is 11.6 Å². The first kappa shape index (κ1) is 17.3. The molecular formula is C16H27ClN2O. The normalized spacial score (nSPS) is 11.1. The van der Waals surface area contributed by atoms with E-state index in [2.05, 4.69) is 17.9 Å². The van der Waals surface area contributed by atoms with Crippen molar-refractivity contribution in [2.24, 2.45) is 5.73 Å². The Hall–Kier alpha value is -0.770. The molecule has 0 aliphatic rings. The fourth-order valence-corrected chi connectivity index (χ4v) is 2.66. The number of halogens is 1. The Labute approximate surface area is 128 Å². The van der Waals surface area contributed by atoms with Gasteiger partial charge in [0, 0.05) is 6.54 Å². The summed E-state index contributed by atoms with van der Waals surface area (Å²) in [5, 5.41) is 0.690. The van der Waals surface area contributed by atoms with Crippen LogP contribution in [0, 0.1) is 0 Å². The quantitative estimate of drug-likeness (QED) is 0.673. The zero-order chi connectivity index (χ0) is 14.8. The van der Waals surface area contributed by atoms with Crippen LogP contribution in [0.25, 0.3) is 0 Å². The zero-order valence-corrected chi connectivity index (χ0v) is 13.5. The Kier molecular flexibility index (Phi) is 8.67. The van der Waals surface area contributed by atoms with Crippen LogP contribution < -0.4 is 10.5 Å². The summed E-state index contributed by atoms with van der Waals surface area (Å²) in [6.07, 6.45) is 4.41. The number of methoxy groups -OCH3 is 1. The van der Waals surface area contributed by atoms with Gasteiger partial charge in [-0.1, -0.05) is 30.7 Å². The van der Waals surface area contributed by atoms with Gasteiger partial charge in [0.05, 0.1) is 12.1 Å². The second kappa shape index (κ2) is 10.0. The van der Waals surface area contributed by atoms with Gasteiger partial charge >= 0.3 is 0 Å². The molecule has 0 amide bonds. The van der Waals surface area contributed by atoms with Gasteiger partial charge < -0.3 is 15.4 Å². The van der Waals surface area contributed by atoms with E-state index < -0.39 is 0 Å². The van der Waals surface area contributed by atoms with E-state index in [1.54, 1.807) is 7.11 Å². The summed E-state index contributed by atoms with van der Waals surface area (Å²) in [4.78, 5) is 2.50. The summed E-state index contributed by atoms with van der Waals surface area (Å²) in [6, 6.07) is 5.95. The molecule has 0 saturated carbocycles. The first-order valence-corrected chi connectivity index (χ1v) is 7.84. The summed E-state index contributed by atoms with van der Waals surface area (Å²) >= 11 is 6.16. The highest BCUT2D eigenvalue weighted by atomic mass is 35.5. The SMILES string of the molecule is CCCN(CCCCN)CCc1cccc(Cl)c1OC. The molecule has 1 aromatic carbocycles. The van der Waals surface area contributed by atoms with Crippen molar-refractivity contribution >= 4 is 11.6 Å². The lowest BCUT2D eigenvalue weighted by Gasteiger charge is -2.22. The number of unbranched alkanes of at least 4 members (excludes halogenated alkanes) is 1. The van der Waals surface area contributed by atoms with E-state index in [0.717, 1.165) is 44.8 Å². The van der Waals surface area contributed by atoms with Crippen molar-refractivity contribution in [3.8, 4) is 5.75 Å². The largest absolute Gasteiger partial charge is 0.495 e. The van der Waals surface area contributed by atoms with Crippen LogP contribution in [0.3, 0.4) is 0 Å². The van der Waals surface area contributed by atoms with Crippen molar-refractivity contribution in [2.45, 2.75) is 32.6 Å². The van der Waals surface area contributed by atoms with Crippen molar-refractivity contribution < 1.29 is 4.74 Å². The van der Waals surface area contributed by atoms with Crippen LogP contribution in [0.5, 0.6) is 5.75 Å².